The molecule has 0 fully saturated rings. The van der Waals surface area contributed by atoms with Gasteiger partial charge in [-0.2, -0.15) is 0 Å². The van der Waals surface area contributed by atoms with Gasteiger partial charge in [-0.15, -0.1) is 0 Å². The third-order valence-corrected chi connectivity index (χ3v) is 3.73. The Bertz CT molecular complexity index is 788. The average molecular weight is 367 g/mol. The standard InChI is InChI=1S/C15H13BrClN3O/c1-21-14-5-10(16)4-12(6-14)18-7-13-9-20-8-11(17)2-3-15(20)19-13/h2-6,8-9,18H,7H2,1H3. The molecule has 1 N–H and O–H groups in total. The number of hydrogen-bond acceptors (Lipinski definition) is 3. The minimum Gasteiger partial charge on any atom is -0.497 e. The lowest BCUT2D eigenvalue weighted by Crippen LogP contribution is -2.00. The average Bonchev–Trinajstić information content (AvgIpc) is 2.86. The number of benzene rings is 1. The molecular weight excluding hydrogens is 354 g/mol. The summed E-state index contributed by atoms with van der Waals surface area (Å²) in [6.07, 6.45) is 3.80. The maximum atomic E-state index is 5.97. The number of ether oxygens (including phenoxy) is 1. The minimum atomic E-state index is 0.624. The first-order valence-corrected chi connectivity index (χ1v) is 7.53. The molecule has 0 amide bonds. The number of rotatable bonds is 4. The van der Waals surface area contributed by atoms with E-state index in [1.807, 2.05) is 47.1 Å². The van der Waals surface area contributed by atoms with Gasteiger partial charge in [-0.05, 0) is 24.3 Å². The van der Waals surface area contributed by atoms with Gasteiger partial charge in [-0.3, -0.25) is 0 Å². The molecule has 0 atom stereocenters. The molecule has 3 aromatic rings. The molecule has 0 unspecified atom stereocenters. The van der Waals surface area contributed by atoms with Gasteiger partial charge in [0.05, 0.1) is 24.4 Å². The van der Waals surface area contributed by atoms with E-state index in [1.54, 1.807) is 7.11 Å². The zero-order valence-electron chi connectivity index (χ0n) is 11.3. The van der Waals surface area contributed by atoms with Gasteiger partial charge in [0.2, 0.25) is 0 Å². The van der Waals surface area contributed by atoms with Crippen molar-refractivity contribution in [3.8, 4) is 5.75 Å². The Morgan fingerprint density at radius 3 is 2.95 bits per heavy atom. The second-order valence-electron chi connectivity index (χ2n) is 4.58. The van der Waals surface area contributed by atoms with Crippen LogP contribution in [0.5, 0.6) is 5.75 Å². The van der Waals surface area contributed by atoms with Crippen LogP contribution in [0.4, 0.5) is 5.69 Å². The number of imidazole rings is 1. The Labute approximate surface area is 135 Å². The molecule has 2 heterocycles. The Hall–Kier alpha value is -1.72. The van der Waals surface area contributed by atoms with E-state index in [0.29, 0.717) is 11.6 Å². The lowest BCUT2D eigenvalue weighted by atomic mass is 10.3. The molecule has 21 heavy (non-hydrogen) atoms. The molecule has 108 valence electrons. The summed E-state index contributed by atoms with van der Waals surface area (Å²) in [6.45, 7) is 0.624. The molecule has 0 bridgehead atoms. The van der Waals surface area contributed by atoms with E-state index in [1.165, 1.54) is 0 Å². The number of fused-ring (bicyclic) bond motifs is 1. The lowest BCUT2D eigenvalue weighted by Gasteiger charge is -2.07. The Balaban J connectivity index is 1.78. The fourth-order valence-corrected chi connectivity index (χ4v) is 2.72. The number of pyridine rings is 1. The molecular formula is C15H13BrClN3O. The summed E-state index contributed by atoms with van der Waals surface area (Å²) in [5, 5.41) is 4.02. The predicted molar refractivity (Wildman–Crippen MR) is 88.2 cm³/mol. The fraction of sp³-hybridized carbons (Fsp3) is 0.133. The van der Waals surface area contributed by atoms with Crippen LogP contribution in [-0.4, -0.2) is 16.5 Å². The summed E-state index contributed by atoms with van der Waals surface area (Å²) < 4.78 is 8.13. The molecule has 0 radical (unpaired) electrons. The first kappa shape index (κ1) is 14.2. The molecule has 0 aliphatic carbocycles. The molecule has 0 aliphatic rings. The zero-order valence-corrected chi connectivity index (χ0v) is 13.6. The number of methoxy groups -OCH3 is 1. The van der Waals surface area contributed by atoms with Crippen molar-refractivity contribution in [1.29, 1.82) is 0 Å². The number of anilines is 1. The van der Waals surface area contributed by atoms with Crippen molar-refractivity contribution in [2.45, 2.75) is 6.54 Å². The second kappa shape index (κ2) is 5.95. The van der Waals surface area contributed by atoms with Gasteiger partial charge < -0.3 is 14.5 Å². The molecule has 4 nitrogen and oxygen atoms in total. The van der Waals surface area contributed by atoms with Crippen molar-refractivity contribution in [3.05, 3.63) is 57.9 Å². The number of halogens is 2. The van der Waals surface area contributed by atoms with Crippen molar-refractivity contribution in [3.63, 3.8) is 0 Å². The maximum absolute atomic E-state index is 5.97. The second-order valence-corrected chi connectivity index (χ2v) is 5.93. The SMILES string of the molecule is COc1cc(Br)cc(NCc2cn3cc(Cl)ccc3n2)c1. The van der Waals surface area contributed by atoms with Gasteiger partial charge >= 0.3 is 0 Å². The molecule has 0 saturated carbocycles. The lowest BCUT2D eigenvalue weighted by molar-refractivity contribution is 0.414. The number of hydrogen-bond donors (Lipinski definition) is 1. The van der Waals surface area contributed by atoms with Gasteiger partial charge in [0.15, 0.2) is 0 Å². The Morgan fingerprint density at radius 1 is 1.29 bits per heavy atom. The van der Waals surface area contributed by atoms with Crippen molar-refractivity contribution < 1.29 is 4.74 Å². The first-order chi connectivity index (χ1) is 10.1. The van der Waals surface area contributed by atoms with Crippen LogP contribution in [0.25, 0.3) is 5.65 Å². The van der Waals surface area contributed by atoms with Gasteiger partial charge in [-0.1, -0.05) is 27.5 Å². The minimum absolute atomic E-state index is 0.624. The highest BCUT2D eigenvalue weighted by atomic mass is 79.9. The van der Waals surface area contributed by atoms with Gasteiger partial charge in [0.1, 0.15) is 11.4 Å². The molecule has 0 aliphatic heterocycles. The highest BCUT2D eigenvalue weighted by Crippen LogP contribution is 2.24. The van der Waals surface area contributed by atoms with E-state index < -0.39 is 0 Å². The van der Waals surface area contributed by atoms with Crippen LogP contribution in [0.3, 0.4) is 0 Å². The quantitative estimate of drug-likeness (QED) is 0.745. The zero-order chi connectivity index (χ0) is 14.8. The molecule has 6 heteroatoms. The normalized spacial score (nSPS) is 10.8. The van der Waals surface area contributed by atoms with Crippen LogP contribution >= 0.6 is 27.5 Å². The Morgan fingerprint density at radius 2 is 2.14 bits per heavy atom. The van der Waals surface area contributed by atoms with Gasteiger partial charge in [0, 0.05) is 28.6 Å². The highest BCUT2D eigenvalue weighted by Gasteiger charge is 2.04. The van der Waals surface area contributed by atoms with Crippen LogP contribution in [0.2, 0.25) is 5.02 Å². The number of nitrogens with one attached hydrogen (secondary N) is 1. The summed E-state index contributed by atoms with van der Waals surface area (Å²) in [4.78, 5) is 4.53. The van der Waals surface area contributed by atoms with Crippen LogP contribution in [0.1, 0.15) is 5.69 Å². The number of nitrogens with zero attached hydrogens (tertiary/aromatic N) is 2. The van der Waals surface area contributed by atoms with E-state index in [-0.39, 0.29) is 0 Å². The third kappa shape index (κ3) is 3.31. The topological polar surface area (TPSA) is 38.6 Å². The van der Waals surface area contributed by atoms with E-state index in [0.717, 1.165) is 27.3 Å². The Kier molecular flexibility index (Phi) is 4.03. The first-order valence-electron chi connectivity index (χ1n) is 6.35. The van der Waals surface area contributed by atoms with Crippen LogP contribution in [0, 0.1) is 0 Å². The number of aromatic nitrogens is 2. The summed E-state index contributed by atoms with van der Waals surface area (Å²) in [7, 11) is 1.65. The smallest absolute Gasteiger partial charge is 0.137 e. The van der Waals surface area contributed by atoms with Crippen molar-refractivity contribution in [2.24, 2.45) is 0 Å². The van der Waals surface area contributed by atoms with Crippen LogP contribution in [0.15, 0.2) is 47.2 Å². The van der Waals surface area contributed by atoms with Crippen molar-refractivity contribution >= 4 is 38.9 Å². The van der Waals surface area contributed by atoms with Gasteiger partial charge in [-0.25, -0.2) is 4.98 Å². The highest BCUT2D eigenvalue weighted by molar-refractivity contribution is 9.10. The summed E-state index contributed by atoms with van der Waals surface area (Å²) in [6, 6.07) is 9.58. The predicted octanol–water partition coefficient (Wildman–Crippen LogP) is 4.37. The summed E-state index contributed by atoms with van der Waals surface area (Å²) >= 11 is 9.43. The molecule has 2 aromatic heterocycles. The molecule has 0 spiro atoms. The fourth-order valence-electron chi connectivity index (χ4n) is 2.08. The van der Waals surface area contributed by atoms with Crippen molar-refractivity contribution in [1.82, 2.24) is 9.38 Å². The van der Waals surface area contributed by atoms with E-state index in [9.17, 15) is 0 Å². The van der Waals surface area contributed by atoms with Gasteiger partial charge in [0.25, 0.3) is 0 Å². The summed E-state index contributed by atoms with van der Waals surface area (Å²) in [5.74, 6) is 0.800. The molecule has 0 saturated heterocycles. The molecule has 1 aromatic carbocycles. The van der Waals surface area contributed by atoms with E-state index in [2.05, 4.69) is 26.2 Å². The van der Waals surface area contributed by atoms with Crippen molar-refractivity contribution in [2.75, 3.05) is 12.4 Å². The monoisotopic (exact) mass is 365 g/mol. The summed E-state index contributed by atoms with van der Waals surface area (Å²) in [5.41, 5.74) is 2.79. The van der Waals surface area contributed by atoms with Crippen LogP contribution < -0.4 is 10.1 Å². The third-order valence-electron chi connectivity index (χ3n) is 3.05. The largest absolute Gasteiger partial charge is 0.497 e. The maximum Gasteiger partial charge on any atom is 0.137 e. The van der Waals surface area contributed by atoms with Crippen LogP contribution in [-0.2, 0) is 6.54 Å². The van der Waals surface area contributed by atoms with E-state index in [4.69, 9.17) is 16.3 Å². The molecule has 3 rings (SSSR count). The van der Waals surface area contributed by atoms with E-state index >= 15 is 0 Å².